The van der Waals surface area contributed by atoms with Crippen molar-refractivity contribution in [3.8, 4) is 0 Å². The van der Waals surface area contributed by atoms with Gasteiger partial charge in [0.05, 0.1) is 42.2 Å². The summed E-state index contributed by atoms with van der Waals surface area (Å²) in [5.41, 5.74) is 1.87. The average molecular weight is 307 g/mol. The van der Waals surface area contributed by atoms with Gasteiger partial charge >= 0.3 is 0 Å². The number of aromatic nitrogens is 1. The van der Waals surface area contributed by atoms with Crippen LogP contribution in [0.25, 0.3) is 10.9 Å². The quantitative estimate of drug-likeness (QED) is 0.870. The van der Waals surface area contributed by atoms with Gasteiger partial charge in [-0.3, -0.25) is 4.90 Å². The van der Waals surface area contributed by atoms with E-state index in [2.05, 4.69) is 23.0 Å². The second kappa shape index (κ2) is 6.71. The predicted molar refractivity (Wildman–Crippen MR) is 83.6 cm³/mol. The minimum Gasteiger partial charge on any atom is -0.376 e. The summed E-state index contributed by atoms with van der Waals surface area (Å²) in [4.78, 5) is 6.86. The minimum absolute atomic E-state index is 0.146. The Bertz CT molecular complexity index is 614. The van der Waals surface area contributed by atoms with Crippen LogP contribution in [0.4, 0.5) is 0 Å². The molecule has 0 amide bonds. The van der Waals surface area contributed by atoms with Crippen molar-refractivity contribution in [3.05, 3.63) is 41.0 Å². The summed E-state index contributed by atoms with van der Waals surface area (Å²) in [5.74, 6) is 0. The first-order chi connectivity index (χ1) is 10.2. The first-order valence-corrected chi connectivity index (χ1v) is 7.52. The number of hydrogen-bond donors (Lipinski definition) is 0. The number of pyridine rings is 1. The molecule has 2 aromatic rings. The molecule has 0 spiro atoms. The number of benzene rings is 1. The standard InChI is InChI=1S/C16H19ClN2O2/c1-19(10-14-11-20-7-8-21-14)9-13-6-5-12-3-2-4-15(17)16(12)18-13/h2-6,14H,7-11H2,1H3. The third-order valence-corrected chi connectivity index (χ3v) is 3.87. The van der Waals surface area contributed by atoms with Crippen molar-refractivity contribution in [1.82, 2.24) is 9.88 Å². The summed E-state index contributed by atoms with van der Waals surface area (Å²) in [5, 5.41) is 1.76. The van der Waals surface area contributed by atoms with Crippen LogP contribution < -0.4 is 0 Å². The van der Waals surface area contributed by atoms with Gasteiger partial charge in [0.1, 0.15) is 0 Å². The Morgan fingerprint density at radius 3 is 3.00 bits per heavy atom. The number of hydrogen-bond acceptors (Lipinski definition) is 4. The highest BCUT2D eigenvalue weighted by Crippen LogP contribution is 2.21. The molecule has 112 valence electrons. The van der Waals surface area contributed by atoms with E-state index in [4.69, 9.17) is 21.1 Å². The lowest BCUT2D eigenvalue weighted by atomic mass is 10.2. The van der Waals surface area contributed by atoms with Crippen LogP contribution in [0.3, 0.4) is 0 Å². The van der Waals surface area contributed by atoms with Gasteiger partial charge < -0.3 is 9.47 Å². The molecule has 4 nitrogen and oxygen atoms in total. The number of fused-ring (bicyclic) bond motifs is 1. The van der Waals surface area contributed by atoms with E-state index in [1.165, 1.54) is 0 Å². The molecular formula is C16H19ClN2O2. The molecule has 1 unspecified atom stereocenters. The van der Waals surface area contributed by atoms with E-state index < -0.39 is 0 Å². The number of ether oxygens (including phenoxy) is 2. The van der Waals surface area contributed by atoms with Crippen LogP contribution in [0.15, 0.2) is 30.3 Å². The van der Waals surface area contributed by atoms with Crippen LogP contribution in [0.5, 0.6) is 0 Å². The average Bonchev–Trinajstić information content (AvgIpc) is 2.49. The second-order valence-corrected chi connectivity index (χ2v) is 5.79. The SMILES string of the molecule is CN(Cc1ccc2cccc(Cl)c2n1)CC1COCCO1. The van der Waals surface area contributed by atoms with Gasteiger partial charge in [0.2, 0.25) is 0 Å². The maximum Gasteiger partial charge on any atom is 0.0936 e. The summed E-state index contributed by atoms with van der Waals surface area (Å²) < 4.78 is 11.1. The van der Waals surface area contributed by atoms with Crippen LogP contribution in [-0.4, -0.2) is 49.4 Å². The van der Waals surface area contributed by atoms with E-state index in [-0.39, 0.29) is 6.10 Å². The fraction of sp³-hybridized carbons (Fsp3) is 0.438. The molecule has 0 radical (unpaired) electrons. The zero-order valence-electron chi connectivity index (χ0n) is 12.1. The zero-order chi connectivity index (χ0) is 14.7. The topological polar surface area (TPSA) is 34.6 Å². The molecule has 0 N–H and O–H groups in total. The normalized spacial score (nSPS) is 19.3. The summed E-state index contributed by atoms with van der Waals surface area (Å²) >= 11 is 6.21. The van der Waals surface area contributed by atoms with E-state index in [9.17, 15) is 0 Å². The van der Waals surface area contributed by atoms with Crippen LogP contribution in [0, 0.1) is 0 Å². The molecule has 1 atom stereocenters. The van der Waals surface area contributed by atoms with E-state index in [0.29, 0.717) is 24.8 Å². The molecule has 1 aliphatic rings. The summed E-state index contributed by atoms with van der Waals surface area (Å²) in [6.45, 7) is 3.65. The van der Waals surface area contributed by atoms with Crippen LogP contribution >= 0.6 is 11.6 Å². The Labute approximate surface area is 129 Å². The lowest BCUT2D eigenvalue weighted by molar-refractivity contribution is -0.0963. The molecule has 1 fully saturated rings. The number of nitrogens with zero attached hydrogens (tertiary/aromatic N) is 2. The summed E-state index contributed by atoms with van der Waals surface area (Å²) in [7, 11) is 2.07. The van der Waals surface area contributed by atoms with Gasteiger partial charge in [-0.2, -0.15) is 0 Å². The molecule has 2 heterocycles. The Kier molecular flexibility index (Phi) is 4.70. The third-order valence-electron chi connectivity index (χ3n) is 3.56. The Hall–Kier alpha value is -1.20. The van der Waals surface area contributed by atoms with Crippen LogP contribution in [0.1, 0.15) is 5.69 Å². The first-order valence-electron chi connectivity index (χ1n) is 7.14. The minimum atomic E-state index is 0.146. The Morgan fingerprint density at radius 2 is 2.19 bits per heavy atom. The molecule has 0 aliphatic carbocycles. The summed E-state index contributed by atoms with van der Waals surface area (Å²) in [6.07, 6.45) is 0.146. The van der Waals surface area contributed by atoms with Crippen molar-refractivity contribution in [2.45, 2.75) is 12.6 Å². The maximum absolute atomic E-state index is 6.21. The maximum atomic E-state index is 6.21. The lowest BCUT2D eigenvalue weighted by Gasteiger charge is -2.27. The van der Waals surface area contributed by atoms with Gasteiger partial charge in [-0.1, -0.05) is 29.8 Å². The molecule has 5 heteroatoms. The Balaban J connectivity index is 1.67. The van der Waals surface area contributed by atoms with E-state index in [1.54, 1.807) is 0 Å². The number of likely N-dealkylation sites (N-methyl/N-ethyl adjacent to an activating group) is 1. The molecule has 21 heavy (non-hydrogen) atoms. The largest absolute Gasteiger partial charge is 0.376 e. The van der Waals surface area contributed by atoms with Gasteiger partial charge in [0, 0.05) is 18.5 Å². The van der Waals surface area contributed by atoms with Crippen LogP contribution in [0.2, 0.25) is 5.02 Å². The zero-order valence-corrected chi connectivity index (χ0v) is 12.8. The second-order valence-electron chi connectivity index (χ2n) is 5.38. The van der Waals surface area contributed by atoms with Gasteiger partial charge in [0.15, 0.2) is 0 Å². The fourth-order valence-electron chi connectivity index (χ4n) is 2.57. The summed E-state index contributed by atoms with van der Waals surface area (Å²) in [6, 6.07) is 9.95. The lowest BCUT2D eigenvalue weighted by Crippen LogP contribution is -2.38. The van der Waals surface area contributed by atoms with Crippen molar-refractivity contribution >= 4 is 22.5 Å². The highest BCUT2D eigenvalue weighted by atomic mass is 35.5. The fourth-order valence-corrected chi connectivity index (χ4v) is 2.79. The van der Waals surface area contributed by atoms with Crippen molar-refractivity contribution in [1.29, 1.82) is 0 Å². The highest BCUT2D eigenvalue weighted by Gasteiger charge is 2.16. The Morgan fingerprint density at radius 1 is 1.29 bits per heavy atom. The molecule has 1 aromatic heterocycles. The van der Waals surface area contributed by atoms with Crippen molar-refractivity contribution < 1.29 is 9.47 Å². The molecular weight excluding hydrogens is 288 g/mol. The van der Waals surface area contributed by atoms with Gasteiger partial charge in [-0.15, -0.1) is 0 Å². The predicted octanol–water partition coefficient (Wildman–Crippen LogP) is 2.74. The van der Waals surface area contributed by atoms with Crippen LogP contribution in [-0.2, 0) is 16.0 Å². The molecule has 1 saturated heterocycles. The van der Waals surface area contributed by atoms with Crippen molar-refractivity contribution in [2.24, 2.45) is 0 Å². The smallest absolute Gasteiger partial charge is 0.0936 e. The number of rotatable bonds is 4. The van der Waals surface area contributed by atoms with Crippen molar-refractivity contribution in [2.75, 3.05) is 33.4 Å². The number of halogens is 1. The molecule has 1 aliphatic heterocycles. The van der Waals surface area contributed by atoms with Gasteiger partial charge in [-0.25, -0.2) is 4.98 Å². The van der Waals surface area contributed by atoms with Crippen molar-refractivity contribution in [3.63, 3.8) is 0 Å². The van der Waals surface area contributed by atoms with Gasteiger partial charge in [-0.05, 0) is 19.2 Å². The first kappa shape index (κ1) is 14.7. The monoisotopic (exact) mass is 306 g/mol. The molecule has 0 saturated carbocycles. The highest BCUT2D eigenvalue weighted by molar-refractivity contribution is 6.35. The molecule has 3 rings (SSSR count). The number of para-hydroxylation sites is 1. The third kappa shape index (κ3) is 3.71. The van der Waals surface area contributed by atoms with E-state index in [1.807, 2.05) is 24.3 Å². The van der Waals surface area contributed by atoms with E-state index in [0.717, 1.165) is 29.7 Å². The van der Waals surface area contributed by atoms with Gasteiger partial charge in [0.25, 0.3) is 0 Å². The molecule has 0 bridgehead atoms. The molecule has 1 aromatic carbocycles. The van der Waals surface area contributed by atoms with E-state index >= 15 is 0 Å².